The van der Waals surface area contributed by atoms with Crippen molar-refractivity contribution >= 4 is 11.6 Å². The third-order valence-corrected chi connectivity index (χ3v) is 3.25. The van der Waals surface area contributed by atoms with E-state index in [2.05, 4.69) is 0 Å². The fraction of sp³-hybridized carbons (Fsp3) is 0.455. The van der Waals surface area contributed by atoms with Crippen molar-refractivity contribution < 1.29 is 4.39 Å². The van der Waals surface area contributed by atoms with Crippen LogP contribution in [0, 0.1) is 18.7 Å². The van der Waals surface area contributed by atoms with E-state index in [0.717, 1.165) is 6.42 Å². The third-order valence-electron chi connectivity index (χ3n) is 2.92. The Hall–Kier alpha value is -0.600. The summed E-state index contributed by atoms with van der Waals surface area (Å²) in [7, 11) is 0. The average molecular weight is 214 g/mol. The highest BCUT2D eigenvalue weighted by Crippen LogP contribution is 2.50. The van der Waals surface area contributed by atoms with E-state index >= 15 is 0 Å². The van der Waals surface area contributed by atoms with Crippen LogP contribution >= 0.6 is 11.6 Å². The first-order valence-electron chi connectivity index (χ1n) is 4.79. The minimum absolute atomic E-state index is 0.154. The standard InChI is InChI=1S/C11H13ClFN/c1-6-2-3-9(12)10(11(6)13)8-4-7(8)5-14/h2-3,7-8H,4-5,14H2,1H3/t7-,8+/m1/s1. The van der Waals surface area contributed by atoms with Gasteiger partial charge in [-0.2, -0.15) is 0 Å². The van der Waals surface area contributed by atoms with Crippen molar-refractivity contribution in [2.45, 2.75) is 19.3 Å². The summed E-state index contributed by atoms with van der Waals surface area (Å²) in [5, 5.41) is 0.536. The molecular formula is C11H13ClFN. The van der Waals surface area contributed by atoms with Gasteiger partial charge in [-0.1, -0.05) is 17.7 Å². The maximum Gasteiger partial charge on any atom is 0.131 e. The minimum atomic E-state index is -0.154. The second-order valence-corrected chi connectivity index (χ2v) is 4.34. The summed E-state index contributed by atoms with van der Waals surface area (Å²) in [4.78, 5) is 0. The van der Waals surface area contributed by atoms with Crippen LogP contribution in [0.25, 0.3) is 0 Å². The summed E-state index contributed by atoms with van der Waals surface area (Å²) in [5.41, 5.74) is 6.86. The van der Waals surface area contributed by atoms with Crippen molar-refractivity contribution in [3.63, 3.8) is 0 Å². The quantitative estimate of drug-likeness (QED) is 0.804. The Labute approximate surface area is 88.1 Å². The molecule has 0 saturated heterocycles. The summed E-state index contributed by atoms with van der Waals surface area (Å²) < 4.78 is 13.7. The zero-order valence-electron chi connectivity index (χ0n) is 8.06. The third kappa shape index (κ3) is 1.53. The van der Waals surface area contributed by atoms with Gasteiger partial charge in [0.05, 0.1) is 0 Å². The Kier molecular flexibility index (Phi) is 2.50. The van der Waals surface area contributed by atoms with Crippen molar-refractivity contribution in [3.8, 4) is 0 Å². The van der Waals surface area contributed by atoms with E-state index in [1.165, 1.54) is 0 Å². The summed E-state index contributed by atoms with van der Waals surface area (Å²) in [5.74, 6) is 0.509. The minimum Gasteiger partial charge on any atom is -0.330 e. The zero-order chi connectivity index (χ0) is 10.3. The van der Waals surface area contributed by atoms with E-state index in [1.54, 1.807) is 19.1 Å². The van der Waals surface area contributed by atoms with Crippen LogP contribution in [0.15, 0.2) is 12.1 Å². The first-order valence-corrected chi connectivity index (χ1v) is 5.17. The molecule has 2 N–H and O–H groups in total. The summed E-state index contributed by atoms with van der Waals surface area (Å²) in [6, 6.07) is 3.47. The number of aryl methyl sites for hydroxylation is 1. The van der Waals surface area contributed by atoms with Crippen LogP contribution in [0.5, 0.6) is 0 Å². The largest absolute Gasteiger partial charge is 0.330 e. The van der Waals surface area contributed by atoms with Gasteiger partial charge in [0.1, 0.15) is 5.82 Å². The number of rotatable bonds is 2. The van der Waals surface area contributed by atoms with Gasteiger partial charge in [-0.15, -0.1) is 0 Å². The Balaban J connectivity index is 2.38. The molecule has 3 heteroatoms. The van der Waals surface area contributed by atoms with Gasteiger partial charge in [0, 0.05) is 10.6 Å². The molecule has 0 aliphatic heterocycles. The monoisotopic (exact) mass is 213 g/mol. The van der Waals surface area contributed by atoms with Gasteiger partial charge in [0.25, 0.3) is 0 Å². The van der Waals surface area contributed by atoms with Gasteiger partial charge in [0.2, 0.25) is 0 Å². The van der Waals surface area contributed by atoms with E-state index in [4.69, 9.17) is 17.3 Å². The Bertz CT molecular complexity index is 365. The molecule has 2 atom stereocenters. The number of halogens is 2. The highest BCUT2D eigenvalue weighted by molar-refractivity contribution is 6.31. The number of hydrogen-bond acceptors (Lipinski definition) is 1. The van der Waals surface area contributed by atoms with Crippen molar-refractivity contribution in [3.05, 3.63) is 34.1 Å². The van der Waals surface area contributed by atoms with Crippen LogP contribution in [0.2, 0.25) is 5.02 Å². The van der Waals surface area contributed by atoms with Gasteiger partial charge >= 0.3 is 0 Å². The molecule has 0 spiro atoms. The van der Waals surface area contributed by atoms with Crippen molar-refractivity contribution in [1.82, 2.24) is 0 Å². The molecule has 76 valence electrons. The topological polar surface area (TPSA) is 26.0 Å². The fourth-order valence-electron chi connectivity index (χ4n) is 1.88. The second kappa shape index (κ2) is 3.52. The molecule has 2 rings (SSSR count). The molecule has 1 aliphatic rings. The summed E-state index contributed by atoms with van der Waals surface area (Å²) >= 11 is 5.98. The lowest BCUT2D eigenvalue weighted by Crippen LogP contribution is -2.03. The van der Waals surface area contributed by atoms with Crippen LogP contribution in [0.4, 0.5) is 4.39 Å². The van der Waals surface area contributed by atoms with E-state index in [1.807, 2.05) is 0 Å². The molecule has 1 aromatic rings. The van der Waals surface area contributed by atoms with E-state index < -0.39 is 0 Å². The lowest BCUT2D eigenvalue weighted by molar-refractivity contribution is 0.597. The van der Waals surface area contributed by atoms with Gasteiger partial charge < -0.3 is 5.73 Å². The molecule has 1 nitrogen and oxygen atoms in total. The Morgan fingerprint density at radius 3 is 2.86 bits per heavy atom. The summed E-state index contributed by atoms with van der Waals surface area (Å²) in [6.07, 6.45) is 0.969. The van der Waals surface area contributed by atoms with Crippen LogP contribution in [0.3, 0.4) is 0 Å². The van der Waals surface area contributed by atoms with Gasteiger partial charge in [0.15, 0.2) is 0 Å². The molecule has 0 heterocycles. The highest BCUT2D eigenvalue weighted by atomic mass is 35.5. The van der Waals surface area contributed by atoms with E-state index in [-0.39, 0.29) is 11.7 Å². The lowest BCUT2D eigenvalue weighted by atomic mass is 10.1. The van der Waals surface area contributed by atoms with Crippen molar-refractivity contribution in [2.75, 3.05) is 6.54 Å². The molecule has 1 fully saturated rings. The van der Waals surface area contributed by atoms with Gasteiger partial charge in [-0.05, 0) is 43.4 Å². The van der Waals surface area contributed by atoms with E-state index in [9.17, 15) is 4.39 Å². The molecule has 14 heavy (non-hydrogen) atoms. The number of hydrogen-bond donors (Lipinski definition) is 1. The van der Waals surface area contributed by atoms with Crippen molar-refractivity contribution in [2.24, 2.45) is 11.7 Å². The predicted octanol–water partition coefficient (Wildman–Crippen LogP) is 2.85. The molecule has 1 aromatic carbocycles. The number of benzene rings is 1. The maximum atomic E-state index is 13.7. The smallest absolute Gasteiger partial charge is 0.131 e. The predicted molar refractivity (Wildman–Crippen MR) is 56.0 cm³/mol. The Morgan fingerprint density at radius 1 is 1.57 bits per heavy atom. The summed E-state index contributed by atoms with van der Waals surface area (Å²) in [6.45, 7) is 2.38. The molecule has 0 radical (unpaired) electrons. The van der Waals surface area contributed by atoms with Crippen LogP contribution in [-0.2, 0) is 0 Å². The van der Waals surface area contributed by atoms with E-state index in [0.29, 0.717) is 28.6 Å². The molecule has 0 amide bonds. The normalized spacial score (nSPS) is 25.1. The average Bonchev–Trinajstić information content (AvgIpc) is 2.92. The molecule has 0 bridgehead atoms. The molecule has 1 aliphatic carbocycles. The molecule has 0 unspecified atom stereocenters. The van der Waals surface area contributed by atoms with Crippen LogP contribution < -0.4 is 5.73 Å². The molecule has 1 saturated carbocycles. The first-order chi connectivity index (χ1) is 6.65. The zero-order valence-corrected chi connectivity index (χ0v) is 8.81. The SMILES string of the molecule is Cc1ccc(Cl)c([C@H]2C[C@@H]2CN)c1F. The Morgan fingerprint density at radius 2 is 2.29 bits per heavy atom. The fourth-order valence-corrected chi connectivity index (χ4v) is 2.17. The maximum absolute atomic E-state index is 13.7. The first kappa shape index (κ1) is 9.94. The number of nitrogens with two attached hydrogens (primary N) is 1. The van der Waals surface area contributed by atoms with Crippen LogP contribution in [0.1, 0.15) is 23.5 Å². The highest BCUT2D eigenvalue weighted by Gasteiger charge is 2.40. The lowest BCUT2D eigenvalue weighted by Gasteiger charge is -2.07. The van der Waals surface area contributed by atoms with Crippen molar-refractivity contribution in [1.29, 1.82) is 0 Å². The van der Waals surface area contributed by atoms with Gasteiger partial charge in [-0.25, -0.2) is 4.39 Å². The van der Waals surface area contributed by atoms with Gasteiger partial charge in [-0.3, -0.25) is 0 Å². The second-order valence-electron chi connectivity index (χ2n) is 3.93. The molecular weight excluding hydrogens is 201 g/mol. The van der Waals surface area contributed by atoms with Crippen LogP contribution in [-0.4, -0.2) is 6.54 Å². The molecule has 0 aromatic heterocycles.